The first kappa shape index (κ1) is 44.5. The van der Waals surface area contributed by atoms with Crippen LogP contribution in [0, 0.1) is 5.92 Å². The number of amides is 6. The Balaban J connectivity index is 1.69. The molecule has 15 heteroatoms. The molecule has 55 heavy (non-hydrogen) atoms. The van der Waals surface area contributed by atoms with Crippen LogP contribution < -0.4 is 44.2 Å². The third-order valence-corrected chi connectivity index (χ3v) is 9.67. The van der Waals surface area contributed by atoms with Gasteiger partial charge in [0.05, 0.1) is 12.1 Å². The number of rotatable bonds is 22. The number of primary amides is 1. The number of hydrogen-bond acceptors (Lipinski definition) is 9. The van der Waals surface area contributed by atoms with E-state index in [2.05, 4.69) is 21.3 Å². The van der Waals surface area contributed by atoms with Crippen molar-refractivity contribution in [3.63, 3.8) is 0 Å². The van der Waals surface area contributed by atoms with Crippen molar-refractivity contribution in [2.45, 2.75) is 114 Å². The first-order valence-corrected chi connectivity index (χ1v) is 19.3. The maximum Gasteiger partial charge on any atom is 0.245 e. The molecule has 0 unspecified atom stereocenters. The Labute approximate surface area is 324 Å². The van der Waals surface area contributed by atoms with Gasteiger partial charge in [-0.2, -0.15) is 0 Å². The number of likely N-dealkylation sites (tertiary alicyclic amines) is 1. The van der Waals surface area contributed by atoms with E-state index in [1.807, 2.05) is 74.5 Å². The molecule has 0 spiro atoms. The Morgan fingerprint density at radius 3 is 1.82 bits per heavy atom. The van der Waals surface area contributed by atoms with Crippen LogP contribution in [0.1, 0.15) is 76.3 Å². The molecule has 1 aliphatic heterocycles. The lowest BCUT2D eigenvalue weighted by atomic mass is 9.99. The summed E-state index contributed by atoms with van der Waals surface area (Å²) in [5.41, 5.74) is 24.5. The number of nitrogens with two attached hydrogens (primary N) is 4. The van der Waals surface area contributed by atoms with E-state index in [1.165, 1.54) is 0 Å². The van der Waals surface area contributed by atoms with Gasteiger partial charge in [-0.1, -0.05) is 74.5 Å². The summed E-state index contributed by atoms with van der Waals surface area (Å²) in [5.74, 6) is -2.70. The van der Waals surface area contributed by atoms with Gasteiger partial charge in [0, 0.05) is 32.0 Å². The predicted octanol–water partition coefficient (Wildman–Crippen LogP) is 0.129. The van der Waals surface area contributed by atoms with Crippen molar-refractivity contribution in [3.05, 3.63) is 71.8 Å². The second-order valence-electron chi connectivity index (χ2n) is 14.8. The molecule has 0 aromatic heterocycles. The van der Waals surface area contributed by atoms with Gasteiger partial charge in [-0.05, 0) is 75.0 Å². The Bertz CT molecular complexity index is 1540. The molecule has 302 valence electrons. The van der Waals surface area contributed by atoms with Crippen LogP contribution in [0.5, 0.6) is 0 Å². The molecule has 0 aliphatic carbocycles. The number of piperidine rings is 1. The summed E-state index contributed by atoms with van der Waals surface area (Å²) in [5, 5.41) is 11.6. The molecule has 0 saturated carbocycles. The summed E-state index contributed by atoms with van der Waals surface area (Å²) in [6.45, 7) is 5.02. The van der Waals surface area contributed by atoms with Gasteiger partial charge in [0.2, 0.25) is 35.4 Å². The zero-order valence-corrected chi connectivity index (χ0v) is 32.2. The van der Waals surface area contributed by atoms with Crippen molar-refractivity contribution in [2.75, 3.05) is 19.6 Å². The molecular weight excluding hydrogens is 702 g/mol. The van der Waals surface area contributed by atoms with Gasteiger partial charge < -0.3 is 49.1 Å². The fraction of sp³-hybridized carbons (Fsp3) is 0.550. The molecule has 15 nitrogen and oxygen atoms in total. The number of nitrogens with one attached hydrogen (secondary N) is 4. The third kappa shape index (κ3) is 15.8. The highest BCUT2D eigenvalue weighted by atomic mass is 16.2. The standard InChI is InChI=1S/C40H61N9O6/c1-26(2)23-33(48-39(54)34(25-28-13-7-4-8-14-28)47-37(52)31(43)24-27-11-5-3-6-12-27)38(53)46-32(15-9-10-20-41)40(55)49-21-18-29(19-22-49)45-35(50)17-16-30(42)36(44)51/h3-8,11-14,26,29-34H,9-10,15-25,41-43H2,1-2H3,(H2,44,51)(H,45,50)(H,46,53)(H,47,52)(H,48,54)/t30-,31+,32+,33+,34+/m0/s1. The number of nitrogens with zero attached hydrogens (tertiary/aromatic N) is 1. The zero-order valence-electron chi connectivity index (χ0n) is 32.2. The van der Waals surface area contributed by atoms with Crippen LogP contribution in [0.2, 0.25) is 0 Å². The van der Waals surface area contributed by atoms with Crippen LogP contribution in [0.3, 0.4) is 0 Å². The molecule has 0 radical (unpaired) electrons. The Morgan fingerprint density at radius 1 is 0.709 bits per heavy atom. The topological polar surface area (TPSA) is 258 Å². The van der Waals surface area contributed by atoms with Crippen molar-refractivity contribution >= 4 is 35.4 Å². The molecule has 0 bridgehead atoms. The molecule has 1 heterocycles. The Kier molecular flexibility index (Phi) is 18.7. The molecule has 2 aromatic rings. The largest absolute Gasteiger partial charge is 0.368 e. The summed E-state index contributed by atoms with van der Waals surface area (Å²) < 4.78 is 0. The SMILES string of the molecule is CC(C)C[C@@H](NC(=O)[C@@H](Cc1ccccc1)NC(=O)[C@H](N)Cc1ccccc1)C(=O)N[C@H](CCCCN)C(=O)N1CCC(NC(=O)CC[C@H](N)C(N)=O)CC1. The van der Waals surface area contributed by atoms with E-state index in [-0.39, 0.29) is 55.9 Å². The molecule has 5 atom stereocenters. The van der Waals surface area contributed by atoms with Gasteiger partial charge in [-0.3, -0.25) is 28.8 Å². The van der Waals surface area contributed by atoms with Crippen LogP contribution >= 0.6 is 0 Å². The van der Waals surface area contributed by atoms with E-state index in [4.69, 9.17) is 22.9 Å². The molecule has 1 aliphatic rings. The van der Waals surface area contributed by atoms with Crippen LogP contribution in [-0.2, 0) is 41.6 Å². The number of carbonyl (C=O) groups excluding carboxylic acids is 6. The predicted molar refractivity (Wildman–Crippen MR) is 211 cm³/mol. The highest BCUT2D eigenvalue weighted by Gasteiger charge is 2.33. The van der Waals surface area contributed by atoms with Crippen molar-refractivity contribution in [2.24, 2.45) is 28.9 Å². The quantitative estimate of drug-likeness (QED) is 0.0758. The second kappa shape index (κ2) is 23.1. The van der Waals surface area contributed by atoms with Gasteiger partial charge in [-0.25, -0.2) is 0 Å². The van der Waals surface area contributed by atoms with Crippen LogP contribution in [0.4, 0.5) is 0 Å². The second-order valence-corrected chi connectivity index (χ2v) is 14.8. The monoisotopic (exact) mass is 763 g/mol. The molecule has 12 N–H and O–H groups in total. The molecule has 2 aromatic carbocycles. The summed E-state index contributed by atoms with van der Waals surface area (Å²) in [4.78, 5) is 80.4. The lowest BCUT2D eigenvalue weighted by Crippen LogP contribution is -2.59. The van der Waals surface area contributed by atoms with E-state index < -0.39 is 53.8 Å². The first-order chi connectivity index (χ1) is 26.3. The molecule has 6 amide bonds. The van der Waals surface area contributed by atoms with Gasteiger partial charge in [-0.15, -0.1) is 0 Å². The van der Waals surface area contributed by atoms with Crippen LogP contribution in [0.15, 0.2) is 60.7 Å². The zero-order chi connectivity index (χ0) is 40.3. The van der Waals surface area contributed by atoms with E-state index in [0.717, 1.165) is 11.1 Å². The average molecular weight is 764 g/mol. The number of benzene rings is 2. The highest BCUT2D eigenvalue weighted by Crippen LogP contribution is 2.16. The Morgan fingerprint density at radius 2 is 1.25 bits per heavy atom. The summed E-state index contributed by atoms with van der Waals surface area (Å²) in [6, 6.07) is 13.8. The van der Waals surface area contributed by atoms with Crippen molar-refractivity contribution in [3.8, 4) is 0 Å². The minimum Gasteiger partial charge on any atom is -0.368 e. The van der Waals surface area contributed by atoms with Crippen LogP contribution in [0.25, 0.3) is 0 Å². The fourth-order valence-electron chi connectivity index (χ4n) is 6.49. The molecule has 1 saturated heterocycles. The van der Waals surface area contributed by atoms with Crippen molar-refractivity contribution < 1.29 is 28.8 Å². The van der Waals surface area contributed by atoms with E-state index in [1.54, 1.807) is 4.90 Å². The first-order valence-electron chi connectivity index (χ1n) is 19.3. The third-order valence-electron chi connectivity index (χ3n) is 9.67. The van der Waals surface area contributed by atoms with Crippen molar-refractivity contribution in [1.29, 1.82) is 0 Å². The average Bonchev–Trinajstić information content (AvgIpc) is 3.16. The van der Waals surface area contributed by atoms with Gasteiger partial charge >= 0.3 is 0 Å². The maximum atomic E-state index is 14.0. The number of hydrogen-bond donors (Lipinski definition) is 8. The minimum absolute atomic E-state index is 0.00432. The van der Waals surface area contributed by atoms with E-state index in [9.17, 15) is 28.8 Å². The number of unbranched alkanes of at least 4 members (excludes halogenated alkanes) is 1. The summed E-state index contributed by atoms with van der Waals surface area (Å²) in [6.07, 6.45) is 3.59. The summed E-state index contributed by atoms with van der Waals surface area (Å²) in [7, 11) is 0. The normalized spacial score (nSPS) is 15.9. The van der Waals surface area contributed by atoms with Crippen molar-refractivity contribution in [1.82, 2.24) is 26.2 Å². The molecule has 1 fully saturated rings. The summed E-state index contributed by atoms with van der Waals surface area (Å²) >= 11 is 0. The van der Waals surface area contributed by atoms with Gasteiger partial charge in [0.1, 0.15) is 18.1 Å². The number of carbonyl (C=O) groups is 6. The fourth-order valence-corrected chi connectivity index (χ4v) is 6.49. The molecular formula is C40H61N9O6. The van der Waals surface area contributed by atoms with Gasteiger partial charge in [0.15, 0.2) is 0 Å². The lowest BCUT2D eigenvalue weighted by Gasteiger charge is -2.35. The van der Waals surface area contributed by atoms with Gasteiger partial charge in [0.25, 0.3) is 0 Å². The smallest absolute Gasteiger partial charge is 0.245 e. The minimum atomic E-state index is -1.03. The molecule has 3 rings (SSSR count). The maximum absolute atomic E-state index is 14.0. The van der Waals surface area contributed by atoms with E-state index in [0.29, 0.717) is 51.7 Å². The Hall–Kier alpha value is -4.86. The van der Waals surface area contributed by atoms with Crippen LogP contribution in [-0.4, -0.2) is 96.2 Å². The highest BCUT2D eigenvalue weighted by molar-refractivity contribution is 5.95. The lowest BCUT2D eigenvalue weighted by molar-refractivity contribution is -0.139. The van der Waals surface area contributed by atoms with E-state index >= 15 is 0 Å².